The molecule has 406 valence electrons. The Hall–Kier alpha value is -7.66. The van der Waals surface area contributed by atoms with Gasteiger partial charge in [-0.1, -0.05) is 34.1 Å². The molecule has 0 aliphatic carbocycles. The maximum atomic E-state index is 14.1. The third-order valence-electron chi connectivity index (χ3n) is 10.5. The Balaban J connectivity index is 6.85. The minimum absolute atomic E-state index is 0.0349. The lowest BCUT2D eigenvalue weighted by Crippen LogP contribution is -2.61. The molecule has 72 heavy (non-hydrogen) atoms. The van der Waals surface area contributed by atoms with Gasteiger partial charge in [-0.2, -0.15) is 0 Å². The number of rotatable bonds is 36. The summed E-state index contributed by atoms with van der Waals surface area (Å²) in [5.41, 5.74) is 21.0. The molecular weight excluding hydrogens is 959 g/mol. The van der Waals surface area contributed by atoms with Gasteiger partial charge in [0.2, 0.25) is 59.1 Å². The molecule has 0 bridgehead atoms. The molecule has 0 saturated carbocycles. The number of carbonyl (C=O) groups is 14. The normalized spacial score (nSPS) is 14.6. The number of hydrogen-bond acceptors (Lipinski definition) is 15. The topological polar surface area (TPSA) is 512 Å². The smallest absolute Gasteiger partial charge is 0.326 e. The second-order valence-corrected chi connectivity index (χ2v) is 17.2. The van der Waals surface area contributed by atoms with Crippen LogP contribution in [-0.2, 0) is 62.3 Å². The Morgan fingerprint density at radius 3 is 1.28 bits per heavy atom. The van der Waals surface area contributed by atoms with Crippen molar-refractivity contribution in [2.45, 2.75) is 154 Å². The molecule has 0 aliphatic heterocycles. The summed E-state index contributed by atoms with van der Waals surface area (Å²) in [6, 6.07) is -14.5. The Morgan fingerprint density at radius 2 is 0.861 bits per heavy atom. The summed E-state index contributed by atoms with van der Waals surface area (Å²) in [6.07, 6.45) is -3.29. The van der Waals surface area contributed by atoms with Gasteiger partial charge in [0, 0.05) is 13.5 Å². The zero-order chi connectivity index (χ0) is 55.4. The second kappa shape index (κ2) is 33.0. The molecule has 0 aromatic carbocycles. The van der Waals surface area contributed by atoms with E-state index in [1.165, 1.54) is 6.92 Å². The predicted octanol–water partition coefficient (Wildman–Crippen LogP) is -5.66. The number of amides is 12. The lowest BCUT2D eigenvalue weighted by Gasteiger charge is -2.29. The predicted molar refractivity (Wildman–Crippen MR) is 250 cm³/mol. The fraction of sp³-hybridized carbons (Fsp3) is 0.667. The zero-order valence-electron chi connectivity index (χ0n) is 40.8. The number of carboxylic acid groups (broad SMARTS) is 3. The van der Waals surface area contributed by atoms with E-state index in [1.54, 1.807) is 20.8 Å². The number of aliphatic carboxylic acids is 3. The summed E-state index contributed by atoms with van der Waals surface area (Å²) in [6.45, 7) is 7.74. The van der Waals surface area contributed by atoms with E-state index in [0.29, 0.717) is 12.8 Å². The quantitative estimate of drug-likeness (QED) is 0.0260. The van der Waals surface area contributed by atoms with Crippen LogP contribution in [0.1, 0.15) is 105 Å². The first-order valence-electron chi connectivity index (χ1n) is 22.9. The number of hydrogen-bond donors (Lipinski definition) is 16. The lowest BCUT2D eigenvalue weighted by atomic mass is 9.96. The van der Waals surface area contributed by atoms with Crippen LogP contribution in [0, 0.1) is 11.8 Å². The maximum absolute atomic E-state index is 14.1. The standard InChI is InChI=1S/C42H71N13O17/c1-6-20(4)33(55-39(68)27(18-32(61)62)52-34(63)22(48-21(5)56)10-7-8-12-43)40(69)49-23(11-9-13-47-42(46)72)35(64)50-24(14-19(2)3)36(65)53-26(17-31(59)60)38(67)51-25(15-29(44)57)37(66)54-28(41(70)71)16-30(45)58/h19-20,22-28,33H,6-18,43H2,1-5H3,(H2,44,57)(H2,45,58)(H,48,56)(H,49,69)(H,50,64)(H,51,67)(H,52,63)(H,53,65)(H,54,66)(H,55,68)(H,59,60)(H,61,62)(H,70,71)(H3,46,47,72)/t20-,22-,23-,24-,25-,26-,27-,28-,33-/m0/s1. The van der Waals surface area contributed by atoms with Crippen LogP contribution in [0.15, 0.2) is 0 Å². The van der Waals surface area contributed by atoms with Crippen LogP contribution in [-0.4, -0.2) is 160 Å². The van der Waals surface area contributed by atoms with E-state index in [0.717, 1.165) is 6.92 Å². The second-order valence-electron chi connectivity index (χ2n) is 17.2. The summed E-state index contributed by atoms with van der Waals surface area (Å²) in [5.74, 6) is -16.9. The molecule has 0 radical (unpaired) electrons. The van der Waals surface area contributed by atoms with Gasteiger partial charge in [0.25, 0.3) is 0 Å². The van der Waals surface area contributed by atoms with Crippen LogP contribution in [0.3, 0.4) is 0 Å². The average Bonchev–Trinajstić information content (AvgIpc) is 3.26. The summed E-state index contributed by atoms with van der Waals surface area (Å²) >= 11 is 0. The number of nitrogens with two attached hydrogens (primary N) is 4. The summed E-state index contributed by atoms with van der Waals surface area (Å²) in [7, 11) is 0. The molecular formula is C42H71N13O17. The average molecular weight is 1030 g/mol. The molecule has 0 saturated heterocycles. The van der Waals surface area contributed by atoms with Crippen molar-refractivity contribution in [3.05, 3.63) is 0 Å². The van der Waals surface area contributed by atoms with Gasteiger partial charge in [-0.3, -0.25) is 57.5 Å². The van der Waals surface area contributed by atoms with Crippen molar-refractivity contribution in [1.29, 1.82) is 0 Å². The largest absolute Gasteiger partial charge is 0.481 e. The molecule has 0 rings (SSSR count). The van der Waals surface area contributed by atoms with Gasteiger partial charge in [-0.05, 0) is 56.9 Å². The number of unbranched alkanes of at least 4 members (excludes halogenated alkanes) is 1. The van der Waals surface area contributed by atoms with Gasteiger partial charge in [-0.25, -0.2) is 9.59 Å². The van der Waals surface area contributed by atoms with Gasteiger partial charge in [0.05, 0.1) is 25.7 Å². The van der Waals surface area contributed by atoms with Crippen molar-refractivity contribution in [1.82, 2.24) is 47.9 Å². The number of urea groups is 1. The van der Waals surface area contributed by atoms with Gasteiger partial charge in [0.15, 0.2) is 0 Å². The lowest BCUT2D eigenvalue weighted by molar-refractivity contribution is -0.144. The first-order chi connectivity index (χ1) is 33.5. The fourth-order valence-corrected chi connectivity index (χ4v) is 6.65. The minimum Gasteiger partial charge on any atom is -0.481 e. The molecule has 20 N–H and O–H groups in total. The highest BCUT2D eigenvalue weighted by Crippen LogP contribution is 2.13. The number of carboxylic acids is 3. The Labute approximate surface area is 414 Å². The van der Waals surface area contributed by atoms with Crippen molar-refractivity contribution >= 4 is 83.0 Å². The molecule has 30 heteroatoms. The van der Waals surface area contributed by atoms with E-state index in [2.05, 4.69) is 37.2 Å². The highest BCUT2D eigenvalue weighted by Gasteiger charge is 2.37. The first kappa shape index (κ1) is 64.3. The highest BCUT2D eigenvalue weighted by molar-refractivity contribution is 6.00. The molecule has 0 fully saturated rings. The van der Waals surface area contributed by atoms with Crippen LogP contribution in [0.4, 0.5) is 4.79 Å². The molecule has 0 aliphatic rings. The van der Waals surface area contributed by atoms with Gasteiger partial charge < -0.3 is 86.1 Å². The SMILES string of the molecule is CC[C@H](C)[C@H](NC(=O)[C@H](CC(=O)O)NC(=O)[C@H](CCCCN)NC(C)=O)C(=O)N[C@@H](CCCNC(N)=O)C(=O)N[C@@H](CC(C)C)C(=O)N[C@@H](CC(=O)O)C(=O)N[C@@H](CC(N)=O)C(=O)N[C@@H](CC(N)=O)C(=O)O. The number of nitrogens with one attached hydrogen (secondary N) is 9. The number of primary amides is 3. The van der Waals surface area contributed by atoms with E-state index in [9.17, 15) is 82.4 Å². The minimum atomic E-state index is -2.04. The van der Waals surface area contributed by atoms with E-state index >= 15 is 0 Å². The summed E-state index contributed by atoms with van der Waals surface area (Å²) < 4.78 is 0. The van der Waals surface area contributed by atoms with Crippen LogP contribution < -0.4 is 70.8 Å². The Bertz CT molecular complexity index is 1970. The van der Waals surface area contributed by atoms with E-state index in [1.807, 2.05) is 10.6 Å². The van der Waals surface area contributed by atoms with Crippen molar-refractivity contribution in [2.75, 3.05) is 13.1 Å². The molecule has 0 aromatic rings. The third-order valence-corrected chi connectivity index (χ3v) is 10.5. The number of carbonyl (C=O) groups excluding carboxylic acids is 11. The summed E-state index contributed by atoms with van der Waals surface area (Å²) in [4.78, 5) is 177. The monoisotopic (exact) mass is 1030 g/mol. The maximum Gasteiger partial charge on any atom is 0.326 e. The van der Waals surface area contributed by atoms with Gasteiger partial charge in [0.1, 0.15) is 48.3 Å². The van der Waals surface area contributed by atoms with Crippen molar-refractivity contribution in [2.24, 2.45) is 34.8 Å². The molecule has 0 unspecified atom stereocenters. The van der Waals surface area contributed by atoms with Crippen molar-refractivity contribution < 1.29 is 82.4 Å². The molecule has 0 spiro atoms. The van der Waals surface area contributed by atoms with Crippen LogP contribution in [0.2, 0.25) is 0 Å². The van der Waals surface area contributed by atoms with E-state index in [4.69, 9.17) is 22.9 Å². The Morgan fingerprint density at radius 1 is 0.472 bits per heavy atom. The molecule has 0 heterocycles. The Kier molecular flexibility index (Phi) is 29.5. The molecule has 9 atom stereocenters. The van der Waals surface area contributed by atoms with Crippen LogP contribution in [0.25, 0.3) is 0 Å². The fourth-order valence-electron chi connectivity index (χ4n) is 6.65. The van der Waals surface area contributed by atoms with E-state index < -0.39 is 169 Å². The zero-order valence-corrected chi connectivity index (χ0v) is 40.8. The molecule has 0 aromatic heterocycles. The highest BCUT2D eigenvalue weighted by atomic mass is 16.4. The van der Waals surface area contributed by atoms with Crippen LogP contribution >= 0.6 is 0 Å². The molecule has 30 nitrogen and oxygen atoms in total. The van der Waals surface area contributed by atoms with Crippen molar-refractivity contribution in [3.63, 3.8) is 0 Å². The van der Waals surface area contributed by atoms with Gasteiger partial charge >= 0.3 is 23.9 Å². The van der Waals surface area contributed by atoms with Gasteiger partial charge in [-0.15, -0.1) is 0 Å². The van der Waals surface area contributed by atoms with Crippen LogP contribution in [0.5, 0.6) is 0 Å². The third kappa shape index (κ3) is 26.4. The summed E-state index contributed by atoms with van der Waals surface area (Å²) in [5, 5.41) is 49.2. The van der Waals surface area contributed by atoms with E-state index in [-0.39, 0.29) is 45.2 Å². The van der Waals surface area contributed by atoms with Crippen molar-refractivity contribution in [3.8, 4) is 0 Å². The molecule has 12 amide bonds. The first-order valence-corrected chi connectivity index (χ1v) is 22.9.